The Morgan fingerprint density at radius 1 is 1.36 bits per heavy atom. The standard InChI is InChI=1S/C18H13N5O4S/c1-27-18(24)16-15(20)11(9-19)10-22(16)12-4-6-13(7-5-12)28-17-14(23(25)26)3-2-8-21-17/h2-8,10H,20H2,1H3. The van der Waals surface area contributed by atoms with Crippen molar-refractivity contribution in [2.24, 2.45) is 0 Å². The molecule has 28 heavy (non-hydrogen) atoms. The number of carbonyl (C=O) groups is 1. The highest BCUT2D eigenvalue weighted by atomic mass is 32.2. The largest absolute Gasteiger partial charge is 0.464 e. The minimum absolute atomic E-state index is 0.0388. The molecular formula is C18H13N5O4S. The van der Waals surface area contributed by atoms with Crippen LogP contribution in [-0.4, -0.2) is 27.6 Å². The molecule has 10 heteroatoms. The summed E-state index contributed by atoms with van der Waals surface area (Å²) >= 11 is 1.14. The number of hydrogen-bond acceptors (Lipinski definition) is 8. The van der Waals surface area contributed by atoms with Crippen LogP contribution < -0.4 is 5.73 Å². The van der Waals surface area contributed by atoms with Crippen molar-refractivity contribution in [2.75, 3.05) is 12.8 Å². The van der Waals surface area contributed by atoms with E-state index in [2.05, 4.69) is 4.98 Å². The lowest BCUT2D eigenvalue weighted by atomic mass is 10.2. The van der Waals surface area contributed by atoms with Crippen LogP contribution >= 0.6 is 11.8 Å². The number of nitriles is 1. The van der Waals surface area contributed by atoms with Gasteiger partial charge in [-0.15, -0.1) is 0 Å². The number of ether oxygens (including phenoxy) is 1. The first-order valence-electron chi connectivity index (χ1n) is 7.83. The number of rotatable bonds is 5. The van der Waals surface area contributed by atoms with Gasteiger partial charge in [0.1, 0.15) is 6.07 Å². The molecule has 0 saturated carbocycles. The number of esters is 1. The first-order valence-corrected chi connectivity index (χ1v) is 8.64. The van der Waals surface area contributed by atoms with E-state index in [-0.39, 0.29) is 27.7 Å². The minimum atomic E-state index is -0.665. The Hall–Kier alpha value is -3.84. The van der Waals surface area contributed by atoms with Gasteiger partial charge in [-0.1, -0.05) is 11.8 Å². The molecular weight excluding hydrogens is 382 g/mol. The van der Waals surface area contributed by atoms with E-state index >= 15 is 0 Å². The zero-order chi connectivity index (χ0) is 20.3. The number of carbonyl (C=O) groups excluding carboxylic acids is 1. The second-order valence-corrected chi connectivity index (χ2v) is 6.52. The number of nitrogen functional groups attached to an aromatic ring is 1. The molecule has 9 nitrogen and oxygen atoms in total. The molecule has 0 radical (unpaired) electrons. The van der Waals surface area contributed by atoms with Gasteiger partial charge in [0.2, 0.25) is 0 Å². The second kappa shape index (κ2) is 7.81. The summed E-state index contributed by atoms with van der Waals surface area (Å²) in [5.41, 5.74) is 6.63. The number of nitrogens with two attached hydrogens (primary N) is 1. The molecule has 140 valence electrons. The number of benzene rings is 1. The van der Waals surface area contributed by atoms with Crippen LogP contribution in [0.1, 0.15) is 16.1 Å². The molecule has 2 heterocycles. The van der Waals surface area contributed by atoms with Crippen molar-refractivity contribution in [1.82, 2.24) is 9.55 Å². The molecule has 3 aromatic rings. The highest BCUT2D eigenvalue weighted by Gasteiger charge is 2.22. The van der Waals surface area contributed by atoms with Gasteiger partial charge >= 0.3 is 11.7 Å². The van der Waals surface area contributed by atoms with E-state index in [0.29, 0.717) is 10.6 Å². The lowest BCUT2D eigenvalue weighted by molar-refractivity contribution is -0.388. The summed E-state index contributed by atoms with van der Waals surface area (Å²) in [7, 11) is 1.23. The van der Waals surface area contributed by atoms with Gasteiger partial charge in [0.05, 0.1) is 23.3 Å². The molecule has 0 amide bonds. The minimum Gasteiger partial charge on any atom is -0.464 e. The van der Waals surface area contributed by atoms with Gasteiger partial charge in [-0.3, -0.25) is 10.1 Å². The molecule has 0 bridgehead atoms. The van der Waals surface area contributed by atoms with Crippen LogP contribution in [-0.2, 0) is 4.74 Å². The van der Waals surface area contributed by atoms with E-state index in [9.17, 15) is 20.2 Å². The first-order chi connectivity index (χ1) is 13.5. The topological polar surface area (TPSA) is 137 Å². The van der Waals surface area contributed by atoms with Gasteiger partial charge < -0.3 is 15.0 Å². The van der Waals surface area contributed by atoms with Crippen LogP contribution in [0.2, 0.25) is 0 Å². The summed E-state index contributed by atoms with van der Waals surface area (Å²) in [6, 6.07) is 11.7. The van der Waals surface area contributed by atoms with Crippen LogP contribution in [0.25, 0.3) is 5.69 Å². The number of aromatic nitrogens is 2. The molecule has 0 saturated heterocycles. The zero-order valence-corrected chi connectivity index (χ0v) is 15.3. The van der Waals surface area contributed by atoms with Crippen molar-refractivity contribution in [2.45, 2.75) is 9.92 Å². The van der Waals surface area contributed by atoms with Crippen LogP contribution in [0.15, 0.2) is 58.7 Å². The molecule has 0 spiro atoms. The quantitative estimate of drug-likeness (QED) is 0.395. The van der Waals surface area contributed by atoms with Crippen molar-refractivity contribution in [3.05, 3.63) is 70.2 Å². The average Bonchev–Trinajstić information content (AvgIpc) is 3.04. The number of nitrogens with zero attached hydrogens (tertiary/aromatic N) is 4. The van der Waals surface area contributed by atoms with E-state index in [0.717, 1.165) is 11.8 Å². The summed E-state index contributed by atoms with van der Waals surface area (Å²) in [5, 5.41) is 20.6. The fraction of sp³-hybridized carbons (Fsp3) is 0.0556. The Morgan fingerprint density at radius 2 is 2.07 bits per heavy atom. The van der Waals surface area contributed by atoms with E-state index in [1.54, 1.807) is 24.3 Å². The monoisotopic (exact) mass is 395 g/mol. The molecule has 0 aliphatic carbocycles. The van der Waals surface area contributed by atoms with Crippen molar-refractivity contribution >= 4 is 29.1 Å². The molecule has 0 aliphatic rings. The molecule has 0 fully saturated rings. The lowest BCUT2D eigenvalue weighted by Gasteiger charge is -2.09. The maximum atomic E-state index is 12.1. The molecule has 2 N–H and O–H groups in total. The number of hydrogen-bond donors (Lipinski definition) is 1. The average molecular weight is 395 g/mol. The van der Waals surface area contributed by atoms with Gasteiger partial charge in [0, 0.05) is 29.0 Å². The Morgan fingerprint density at radius 3 is 2.68 bits per heavy atom. The van der Waals surface area contributed by atoms with Gasteiger partial charge in [0.15, 0.2) is 10.7 Å². The molecule has 3 rings (SSSR count). The summed E-state index contributed by atoms with van der Waals surface area (Å²) in [6.07, 6.45) is 2.94. The predicted molar refractivity (Wildman–Crippen MR) is 101 cm³/mol. The molecule has 0 unspecified atom stereocenters. The van der Waals surface area contributed by atoms with Gasteiger partial charge in [-0.2, -0.15) is 5.26 Å². The Labute approximate surface area is 163 Å². The Balaban J connectivity index is 1.96. The maximum Gasteiger partial charge on any atom is 0.357 e. The van der Waals surface area contributed by atoms with Crippen molar-refractivity contribution < 1.29 is 14.5 Å². The fourth-order valence-electron chi connectivity index (χ4n) is 2.50. The van der Waals surface area contributed by atoms with Gasteiger partial charge in [-0.25, -0.2) is 9.78 Å². The van der Waals surface area contributed by atoms with Crippen LogP contribution in [0.5, 0.6) is 0 Å². The summed E-state index contributed by atoms with van der Waals surface area (Å²) in [5.74, 6) is -0.665. The molecule has 0 atom stereocenters. The fourth-order valence-corrected chi connectivity index (χ4v) is 3.36. The maximum absolute atomic E-state index is 12.1. The second-order valence-electron chi connectivity index (χ2n) is 5.46. The van der Waals surface area contributed by atoms with E-state index in [4.69, 9.17) is 10.5 Å². The number of nitro groups is 1. The lowest BCUT2D eigenvalue weighted by Crippen LogP contribution is -2.11. The highest BCUT2D eigenvalue weighted by molar-refractivity contribution is 7.99. The van der Waals surface area contributed by atoms with E-state index < -0.39 is 10.9 Å². The smallest absolute Gasteiger partial charge is 0.357 e. The zero-order valence-electron chi connectivity index (χ0n) is 14.5. The number of methoxy groups -OCH3 is 1. The van der Waals surface area contributed by atoms with Crippen molar-refractivity contribution in [3.8, 4) is 11.8 Å². The molecule has 2 aromatic heterocycles. The number of pyridine rings is 1. The summed E-state index contributed by atoms with van der Waals surface area (Å²) in [6.45, 7) is 0. The number of anilines is 1. The highest BCUT2D eigenvalue weighted by Crippen LogP contribution is 2.33. The van der Waals surface area contributed by atoms with Crippen molar-refractivity contribution in [1.29, 1.82) is 5.26 Å². The first kappa shape index (κ1) is 18.9. The predicted octanol–water partition coefficient (Wildman–Crippen LogP) is 3.17. The van der Waals surface area contributed by atoms with Crippen LogP contribution in [0.4, 0.5) is 11.4 Å². The van der Waals surface area contributed by atoms with Crippen molar-refractivity contribution in [3.63, 3.8) is 0 Å². The normalized spacial score (nSPS) is 10.3. The van der Waals surface area contributed by atoms with E-state index in [1.807, 2.05) is 6.07 Å². The van der Waals surface area contributed by atoms with Crippen LogP contribution in [0.3, 0.4) is 0 Å². The van der Waals surface area contributed by atoms with E-state index in [1.165, 1.54) is 36.2 Å². The molecule has 0 aliphatic heterocycles. The third kappa shape index (κ3) is 3.51. The molecule has 1 aromatic carbocycles. The third-order valence-corrected chi connectivity index (χ3v) is 4.84. The Kier molecular flexibility index (Phi) is 5.28. The SMILES string of the molecule is COC(=O)c1c(N)c(C#N)cn1-c1ccc(Sc2ncccc2[N+](=O)[O-])cc1. The van der Waals surface area contributed by atoms with Gasteiger partial charge in [-0.05, 0) is 30.3 Å². The Bertz CT molecular complexity index is 1100. The summed E-state index contributed by atoms with van der Waals surface area (Å²) < 4.78 is 6.22. The van der Waals surface area contributed by atoms with Gasteiger partial charge in [0.25, 0.3) is 0 Å². The summed E-state index contributed by atoms with van der Waals surface area (Å²) in [4.78, 5) is 27.4. The third-order valence-electron chi connectivity index (χ3n) is 3.82. The van der Waals surface area contributed by atoms with Crippen LogP contribution in [0, 0.1) is 21.4 Å².